The zero-order valence-electron chi connectivity index (χ0n) is 8.80. The van der Waals surface area contributed by atoms with E-state index in [9.17, 15) is 0 Å². The highest BCUT2D eigenvalue weighted by Gasteiger charge is 2.04. The van der Waals surface area contributed by atoms with Gasteiger partial charge in [0.2, 0.25) is 5.13 Å². The number of nitrogens with zero attached hydrogens (tertiary/aromatic N) is 2. The smallest absolute Gasteiger partial charge is 0.219 e. The van der Waals surface area contributed by atoms with Crippen LogP contribution in [0.1, 0.15) is 10.6 Å². The Morgan fingerprint density at radius 3 is 2.88 bits per heavy atom. The van der Waals surface area contributed by atoms with E-state index >= 15 is 0 Å². The second-order valence-corrected chi connectivity index (χ2v) is 4.26. The minimum atomic E-state index is 0.407. The number of ether oxygens (including phenoxy) is 1. The molecule has 0 spiro atoms. The molecule has 1 aromatic heterocycles. The monoisotopic (exact) mass is 236 g/mol. The maximum absolute atomic E-state index is 5.62. The zero-order valence-corrected chi connectivity index (χ0v) is 9.62. The second kappa shape index (κ2) is 4.91. The molecule has 0 unspecified atom stereocenters. The number of benzene rings is 1. The van der Waals surface area contributed by atoms with Gasteiger partial charge in [-0.25, -0.2) is 5.84 Å². The maximum atomic E-state index is 5.62. The molecule has 0 radical (unpaired) electrons. The summed E-state index contributed by atoms with van der Waals surface area (Å²) in [6, 6.07) is 7.85. The fourth-order valence-electron chi connectivity index (χ4n) is 1.23. The Labute approximate surface area is 97.2 Å². The van der Waals surface area contributed by atoms with Gasteiger partial charge >= 0.3 is 0 Å². The lowest BCUT2D eigenvalue weighted by Gasteiger charge is -2.05. The number of hydrogen-bond acceptors (Lipinski definition) is 6. The normalized spacial score (nSPS) is 10.1. The number of rotatable bonds is 4. The van der Waals surface area contributed by atoms with Crippen LogP contribution in [0.3, 0.4) is 0 Å². The molecule has 1 heterocycles. The number of nitrogens with one attached hydrogen (secondary N) is 1. The van der Waals surface area contributed by atoms with E-state index in [1.54, 1.807) is 0 Å². The van der Waals surface area contributed by atoms with E-state index in [0.717, 1.165) is 16.3 Å². The van der Waals surface area contributed by atoms with E-state index in [1.807, 2.05) is 31.2 Å². The van der Waals surface area contributed by atoms with Crippen molar-refractivity contribution in [2.75, 3.05) is 5.43 Å². The lowest BCUT2D eigenvalue weighted by atomic mass is 10.2. The van der Waals surface area contributed by atoms with E-state index in [2.05, 4.69) is 15.6 Å². The van der Waals surface area contributed by atoms with Gasteiger partial charge in [-0.1, -0.05) is 29.5 Å². The van der Waals surface area contributed by atoms with Crippen LogP contribution in [0.5, 0.6) is 5.75 Å². The summed E-state index contributed by atoms with van der Waals surface area (Å²) in [5.41, 5.74) is 3.55. The predicted molar refractivity (Wildman–Crippen MR) is 63.2 cm³/mol. The zero-order chi connectivity index (χ0) is 11.4. The summed E-state index contributed by atoms with van der Waals surface area (Å²) in [6.07, 6.45) is 0. The van der Waals surface area contributed by atoms with Crippen molar-refractivity contribution < 1.29 is 4.74 Å². The minimum absolute atomic E-state index is 0.407. The molecule has 16 heavy (non-hydrogen) atoms. The van der Waals surface area contributed by atoms with Gasteiger partial charge in [-0.05, 0) is 18.6 Å². The van der Waals surface area contributed by atoms with Crippen LogP contribution in [-0.4, -0.2) is 10.2 Å². The summed E-state index contributed by atoms with van der Waals surface area (Å²) in [5.74, 6) is 6.07. The summed E-state index contributed by atoms with van der Waals surface area (Å²) >= 11 is 1.37. The van der Waals surface area contributed by atoms with Crippen molar-refractivity contribution in [3.63, 3.8) is 0 Å². The van der Waals surface area contributed by atoms with Gasteiger partial charge in [-0.15, -0.1) is 10.2 Å². The highest BCUT2D eigenvalue weighted by Crippen LogP contribution is 2.20. The molecule has 0 bridgehead atoms. The molecule has 1 aromatic carbocycles. The van der Waals surface area contributed by atoms with E-state index in [-0.39, 0.29) is 0 Å². The topological polar surface area (TPSA) is 73.1 Å². The Balaban J connectivity index is 1.99. The Morgan fingerprint density at radius 2 is 2.19 bits per heavy atom. The average molecular weight is 236 g/mol. The fourth-order valence-corrected chi connectivity index (χ4v) is 1.79. The van der Waals surface area contributed by atoms with Crippen molar-refractivity contribution in [3.05, 3.63) is 34.8 Å². The maximum Gasteiger partial charge on any atom is 0.219 e. The van der Waals surface area contributed by atoms with Crippen LogP contribution in [-0.2, 0) is 6.61 Å². The van der Waals surface area contributed by atoms with Crippen LogP contribution in [0.15, 0.2) is 24.3 Å². The van der Waals surface area contributed by atoms with Gasteiger partial charge in [0.05, 0.1) is 0 Å². The molecule has 3 N–H and O–H groups in total. The molecule has 5 nitrogen and oxygen atoms in total. The molecule has 2 aromatic rings. The fraction of sp³-hybridized carbons (Fsp3) is 0.200. The van der Waals surface area contributed by atoms with Crippen molar-refractivity contribution in [3.8, 4) is 5.75 Å². The Kier molecular flexibility index (Phi) is 3.33. The first-order chi connectivity index (χ1) is 7.79. The van der Waals surface area contributed by atoms with E-state index < -0.39 is 0 Å². The second-order valence-electron chi connectivity index (χ2n) is 3.20. The third-order valence-electron chi connectivity index (χ3n) is 2.04. The number of hydrazine groups is 1. The first kappa shape index (κ1) is 10.8. The lowest BCUT2D eigenvalue weighted by Crippen LogP contribution is -2.05. The third-order valence-corrected chi connectivity index (χ3v) is 2.86. The average Bonchev–Trinajstić information content (AvgIpc) is 2.76. The molecule has 2 rings (SSSR count). The van der Waals surface area contributed by atoms with Gasteiger partial charge in [0.25, 0.3) is 0 Å². The first-order valence-corrected chi connectivity index (χ1v) is 5.58. The number of hydrogen-bond donors (Lipinski definition) is 2. The SMILES string of the molecule is Cc1ccccc1OCc1nnc(NN)s1. The van der Waals surface area contributed by atoms with Crippen molar-refractivity contribution in [1.29, 1.82) is 0 Å². The number of anilines is 1. The highest BCUT2D eigenvalue weighted by molar-refractivity contribution is 7.15. The van der Waals surface area contributed by atoms with Crippen LogP contribution in [0, 0.1) is 6.92 Å². The predicted octanol–water partition coefficient (Wildman–Crippen LogP) is 1.71. The van der Waals surface area contributed by atoms with Gasteiger partial charge < -0.3 is 4.74 Å². The molecule has 0 aliphatic carbocycles. The van der Waals surface area contributed by atoms with Gasteiger partial charge in [0.15, 0.2) is 5.01 Å². The van der Waals surface area contributed by atoms with Crippen LogP contribution in [0.2, 0.25) is 0 Å². The molecular formula is C10H12N4OS. The summed E-state index contributed by atoms with van der Waals surface area (Å²) in [5, 5.41) is 9.13. The van der Waals surface area contributed by atoms with Crippen molar-refractivity contribution in [2.45, 2.75) is 13.5 Å². The highest BCUT2D eigenvalue weighted by atomic mass is 32.1. The number of nitrogens with two attached hydrogens (primary N) is 1. The van der Waals surface area contributed by atoms with Crippen LogP contribution >= 0.6 is 11.3 Å². The van der Waals surface area contributed by atoms with Crippen molar-refractivity contribution >= 4 is 16.5 Å². The standard InChI is InChI=1S/C10H12N4OS/c1-7-4-2-3-5-8(7)15-6-9-13-14-10(12-11)16-9/h2-5H,6,11H2,1H3,(H,12,14). The summed E-state index contributed by atoms with van der Waals surface area (Å²) in [7, 11) is 0. The van der Waals surface area contributed by atoms with Gasteiger partial charge in [-0.3, -0.25) is 5.43 Å². The number of aryl methyl sites for hydroxylation is 1. The Morgan fingerprint density at radius 1 is 1.38 bits per heavy atom. The molecule has 0 fully saturated rings. The molecular weight excluding hydrogens is 224 g/mol. The molecule has 84 valence electrons. The van der Waals surface area contributed by atoms with Gasteiger partial charge in [0, 0.05) is 0 Å². The minimum Gasteiger partial charge on any atom is -0.486 e. The van der Waals surface area contributed by atoms with E-state index in [1.165, 1.54) is 11.3 Å². The largest absolute Gasteiger partial charge is 0.486 e. The summed E-state index contributed by atoms with van der Waals surface area (Å²) in [6.45, 7) is 2.41. The van der Waals surface area contributed by atoms with Gasteiger partial charge in [-0.2, -0.15) is 0 Å². The molecule has 0 atom stereocenters. The quantitative estimate of drug-likeness (QED) is 0.624. The first-order valence-electron chi connectivity index (χ1n) is 4.77. The molecule has 0 amide bonds. The number of nitrogen functional groups attached to an aromatic ring is 1. The van der Waals surface area contributed by atoms with Crippen molar-refractivity contribution in [2.24, 2.45) is 5.84 Å². The summed E-state index contributed by atoms with van der Waals surface area (Å²) in [4.78, 5) is 0. The molecule has 0 saturated carbocycles. The van der Waals surface area contributed by atoms with Crippen LogP contribution < -0.4 is 16.0 Å². The Bertz CT molecular complexity index is 471. The Hall–Kier alpha value is -1.66. The van der Waals surface area contributed by atoms with E-state index in [0.29, 0.717) is 11.7 Å². The number of aromatic nitrogens is 2. The molecule has 0 aliphatic heterocycles. The van der Waals surface area contributed by atoms with Gasteiger partial charge in [0.1, 0.15) is 12.4 Å². The van der Waals surface area contributed by atoms with Crippen LogP contribution in [0.25, 0.3) is 0 Å². The number of para-hydroxylation sites is 1. The molecule has 0 saturated heterocycles. The molecule has 0 aliphatic rings. The van der Waals surface area contributed by atoms with Crippen LogP contribution in [0.4, 0.5) is 5.13 Å². The molecule has 6 heteroatoms. The van der Waals surface area contributed by atoms with Crippen molar-refractivity contribution in [1.82, 2.24) is 10.2 Å². The third kappa shape index (κ3) is 2.47. The summed E-state index contributed by atoms with van der Waals surface area (Å²) < 4.78 is 5.62. The lowest BCUT2D eigenvalue weighted by molar-refractivity contribution is 0.302. The van der Waals surface area contributed by atoms with E-state index in [4.69, 9.17) is 10.6 Å².